The molecule has 2 aliphatic heterocycles. The third-order valence-electron chi connectivity index (χ3n) is 12.7. The zero-order chi connectivity index (χ0) is 43.8. The first-order chi connectivity index (χ1) is 30.9. The minimum atomic E-state index is -1.45. The van der Waals surface area contributed by atoms with Crippen LogP contribution in [-0.4, -0.2) is 79.1 Å². The highest BCUT2D eigenvalue weighted by Crippen LogP contribution is 2.62. The number of ether oxygens (including phenoxy) is 6. The van der Waals surface area contributed by atoms with E-state index in [9.17, 15) is 15.0 Å². The summed E-state index contributed by atoms with van der Waals surface area (Å²) in [6, 6.07) is 29.1. The van der Waals surface area contributed by atoms with Gasteiger partial charge in [-0.05, 0) is 109 Å². The summed E-state index contributed by atoms with van der Waals surface area (Å²) in [6.07, 6.45) is 8.30. The number of nitrogens with zero attached hydrogens (tertiary/aromatic N) is 2. The average Bonchev–Trinajstić information content (AvgIpc) is 3.79. The Hall–Kier alpha value is -5.82. The Morgan fingerprint density at radius 1 is 0.889 bits per heavy atom. The quantitative estimate of drug-likeness (QED) is 0.0533. The van der Waals surface area contributed by atoms with Crippen LogP contribution < -0.4 is 18.9 Å². The summed E-state index contributed by atoms with van der Waals surface area (Å²) in [5, 5.41) is 24.7. The van der Waals surface area contributed by atoms with Crippen LogP contribution in [0.2, 0.25) is 0 Å². The van der Waals surface area contributed by atoms with E-state index >= 15 is 0 Å². The Kier molecular flexibility index (Phi) is 14.0. The standard InChI is InChI=1S/C51H58N2O10/c1-4-27-60-51-47(53(50(56)57-3)32-34-17-23-45-46(28-34)59-33-58-45)31-43(52-61-5-2)41-29-37(15-9-11-25-54)40(16-10-12-26-55)48(49(41)51)42-30-39(22-24-44(42)63-51)62-38-20-18-36(19-21-38)35-13-7-6-8-14-35/h4,6-8,13-14,17-24,28-30,37,40,47-49,54-55H,1,5,9-12,15-16,25-27,31-33H2,2-3H3/t37-,40+,47-,48+,49+,51+/m0/s1. The molecule has 332 valence electrons. The van der Waals surface area contributed by atoms with Crippen molar-refractivity contribution in [2.75, 3.05) is 40.3 Å². The van der Waals surface area contributed by atoms with E-state index in [2.05, 4.69) is 43.0 Å². The minimum Gasteiger partial charge on any atom is -0.459 e. The molecule has 12 heteroatoms. The van der Waals surface area contributed by atoms with Gasteiger partial charge in [-0.2, -0.15) is 0 Å². The van der Waals surface area contributed by atoms with Gasteiger partial charge in [0.25, 0.3) is 0 Å². The molecule has 0 aromatic heterocycles. The summed E-state index contributed by atoms with van der Waals surface area (Å²) in [4.78, 5) is 21.8. The van der Waals surface area contributed by atoms with Crippen LogP contribution in [0.1, 0.15) is 68.9 Å². The molecule has 1 amide bonds. The van der Waals surface area contributed by atoms with E-state index in [-0.39, 0.29) is 57.3 Å². The summed E-state index contributed by atoms with van der Waals surface area (Å²) in [5.41, 5.74) is 5.62. The normalized spacial score (nSPS) is 23.5. The van der Waals surface area contributed by atoms with E-state index in [0.717, 1.165) is 53.5 Å². The van der Waals surface area contributed by atoms with Crippen molar-refractivity contribution >= 4 is 11.8 Å². The summed E-state index contributed by atoms with van der Waals surface area (Å²) >= 11 is 0. The van der Waals surface area contributed by atoms with Gasteiger partial charge in [0.2, 0.25) is 12.6 Å². The zero-order valence-corrected chi connectivity index (χ0v) is 36.2. The number of methoxy groups -OCH3 is 1. The Morgan fingerprint density at radius 2 is 1.62 bits per heavy atom. The SMILES string of the molecule is C=CCO[C@@]12Oc3ccc(Oc4ccc(-c5ccccc5)cc4)cc3[C@H]3[C@H](CCCCO)[C@@H](CCCCO)C=C(C(=NOCC)C[C@@H]1N(Cc1ccc4c(c1)OCO4)C(=O)OC)[C@H]32. The molecule has 8 rings (SSSR count). The van der Waals surface area contributed by atoms with E-state index in [1.54, 1.807) is 11.0 Å². The predicted molar refractivity (Wildman–Crippen MR) is 239 cm³/mol. The van der Waals surface area contributed by atoms with Crippen molar-refractivity contribution in [2.24, 2.45) is 22.9 Å². The van der Waals surface area contributed by atoms with Crippen LogP contribution in [0.3, 0.4) is 0 Å². The molecule has 12 nitrogen and oxygen atoms in total. The largest absolute Gasteiger partial charge is 0.459 e. The van der Waals surface area contributed by atoms with E-state index in [0.29, 0.717) is 53.9 Å². The second-order valence-electron chi connectivity index (χ2n) is 16.5. The van der Waals surface area contributed by atoms with Gasteiger partial charge in [0, 0.05) is 37.7 Å². The number of hydrogen-bond acceptors (Lipinski definition) is 11. The molecular formula is C51H58N2O10. The number of unbranched alkanes of at least 4 members (excludes halogenated alkanes) is 2. The molecule has 2 aliphatic carbocycles. The van der Waals surface area contributed by atoms with Crippen molar-refractivity contribution in [1.29, 1.82) is 0 Å². The summed E-state index contributed by atoms with van der Waals surface area (Å²) in [6.45, 7) is 6.87. The van der Waals surface area contributed by atoms with E-state index < -0.39 is 23.8 Å². The Labute approximate surface area is 369 Å². The lowest BCUT2D eigenvalue weighted by molar-refractivity contribution is -0.256. The van der Waals surface area contributed by atoms with Gasteiger partial charge in [-0.3, -0.25) is 4.90 Å². The second kappa shape index (κ2) is 20.1. The fourth-order valence-electron chi connectivity index (χ4n) is 9.99. The minimum absolute atomic E-state index is 0.0475. The Morgan fingerprint density at radius 3 is 2.37 bits per heavy atom. The van der Waals surface area contributed by atoms with E-state index in [1.165, 1.54) is 7.11 Å². The lowest BCUT2D eigenvalue weighted by Crippen LogP contribution is -2.70. The topological polar surface area (TPSA) is 138 Å². The molecule has 63 heavy (non-hydrogen) atoms. The predicted octanol–water partition coefficient (Wildman–Crippen LogP) is 9.80. The van der Waals surface area contributed by atoms with Gasteiger partial charge in [0.1, 0.15) is 29.9 Å². The number of aliphatic hydroxyl groups excluding tert-OH is 2. The van der Waals surface area contributed by atoms with Crippen LogP contribution in [-0.2, 0) is 20.9 Å². The lowest BCUT2D eigenvalue weighted by atomic mass is 9.55. The maximum Gasteiger partial charge on any atom is 0.410 e. The third-order valence-corrected chi connectivity index (χ3v) is 12.7. The van der Waals surface area contributed by atoms with Crippen molar-refractivity contribution in [3.63, 3.8) is 0 Å². The molecule has 4 aliphatic rings. The van der Waals surface area contributed by atoms with Crippen molar-refractivity contribution in [1.82, 2.24) is 4.90 Å². The molecule has 4 aromatic carbocycles. The van der Waals surface area contributed by atoms with E-state index in [4.69, 9.17) is 38.4 Å². The molecule has 1 fully saturated rings. The molecule has 2 N–H and O–H groups in total. The number of amides is 1. The maximum atomic E-state index is 14.3. The van der Waals surface area contributed by atoms with Gasteiger partial charge in [0.05, 0.1) is 25.3 Å². The van der Waals surface area contributed by atoms with Gasteiger partial charge in [0.15, 0.2) is 11.5 Å². The molecular weight excluding hydrogens is 801 g/mol. The van der Waals surface area contributed by atoms with Crippen molar-refractivity contribution in [3.8, 4) is 39.9 Å². The molecule has 1 saturated carbocycles. The highest BCUT2D eigenvalue weighted by atomic mass is 16.7. The highest BCUT2D eigenvalue weighted by molar-refractivity contribution is 6.03. The number of aliphatic hydroxyl groups is 2. The van der Waals surface area contributed by atoms with E-state index in [1.807, 2.05) is 67.6 Å². The van der Waals surface area contributed by atoms with Crippen molar-refractivity contribution in [3.05, 3.63) is 126 Å². The fourth-order valence-corrected chi connectivity index (χ4v) is 9.99. The van der Waals surface area contributed by atoms with Crippen LogP contribution in [0.25, 0.3) is 11.1 Å². The highest BCUT2D eigenvalue weighted by Gasteiger charge is 2.65. The molecule has 0 radical (unpaired) electrons. The monoisotopic (exact) mass is 858 g/mol. The van der Waals surface area contributed by atoms with Gasteiger partial charge < -0.3 is 43.5 Å². The number of oxime groups is 1. The molecule has 4 aromatic rings. The first-order valence-electron chi connectivity index (χ1n) is 22.2. The Bertz CT molecular complexity index is 2260. The molecule has 0 bridgehead atoms. The number of rotatable bonds is 19. The second-order valence-corrected chi connectivity index (χ2v) is 16.5. The molecule has 6 atom stereocenters. The number of carbonyl (C=O) groups excluding carboxylic acids is 1. The molecule has 0 saturated heterocycles. The van der Waals surface area contributed by atoms with Crippen LogP contribution in [0.15, 0.2) is 120 Å². The van der Waals surface area contributed by atoms with Crippen molar-refractivity contribution in [2.45, 2.75) is 76.2 Å². The fraction of sp³-hybridized carbons (Fsp3) is 0.412. The molecule has 0 unspecified atom stereocenters. The maximum absolute atomic E-state index is 14.3. The summed E-state index contributed by atoms with van der Waals surface area (Å²) < 4.78 is 37.9. The van der Waals surface area contributed by atoms with Gasteiger partial charge in [-0.15, -0.1) is 6.58 Å². The number of fused-ring (bicyclic) bond motifs is 3. The number of allylic oxidation sites excluding steroid dienone is 1. The average molecular weight is 859 g/mol. The Balaban J connectivity index is 1.28. The molecule has 2 heterocycles. The van der Waals surface area contributed by atoms with Crippen LogP contribution in [0.4, 0.5) is 4.79 Å². The number of carbonyl (C=O) groups is 1. The zero-order valence-electron chi connectivity index (χ0n) is 36.2. The lowest BCUT2D eigenvalue weighted by Gasteiger charge is -2.59. The third kappa shape index (κ3) is 9.16. The van der Waals surface area contributed by atoms with Gasteiger partial charge in [-0.1, -0.05) is 78.7 Å². The van der Waals surface area contributed by atoms with Crippen LogP contribution in [0.5, 0.6) is 28.7 Å². The smallest absolute Gasteiger partial charge is 0.410 e. The van der Waals surface area contributed by atoms with Gasteiger partial charge in [-0.25, -0.2) is 4.79 Å². The summed E-state index contributed by atoms with van der Waals surface area (Å²) in [7, 11) is 1.38. The van der Waals surface area contributed by atoms with Crippen LogP contribution in [0, 0.1) is 17.8 Å². The number of hydrogen-bond donors (Lipinski definition) is 2. The van der Waals surface area contributed by atoms with Crippen LogP contribution >= 0.6 is 0 Å². The van der Waals surface area contributed by atoms with Gasteiger partial charge >= 0.3 is 6.09 Å². The van der Waals surface area contributed by atoms with Crippen molar-refractivity contribution < 1.29 is 48.3 Å². The molecule has 0 spiro atoms. The first kappa shape index (κ1) is 43.8. The number of benzene rings is 4. The summed E-state index contributed by atoms with van der Waals surface area (Å²) in [5.74, 6) is 1.18. The first-order valence-corrected chi connectivity index (χ1v) is 22.2.